The minimum atomic E-state index is -0.409. The summed E-state index contributed by atoms with van der Waals surface area (Å²) in [6, 6.07) is 15.8. The fourth-order valence-corrected chi connectivity index (χ4v) is 3.62. The minimum Gasteiger partial charge on any atom is -0.353 e. The number of amides is 2. The van der Waals surface area contributed by atoms with Crippen molar-refractivity contribution in [3.8, 4) is 11.3 Å². The average molecular weight is 457 g/mol. The zero-order chi connectivity index (χ0) is 21.8. The Kier molecular flexibility index (Phi) is 6.56. The quantitative estimate of drug-likeness (QED) is 0.586. The van der Waals surface area contributed by atoms with Crippen LogP contribution in [0.25, 0.3) is 11.3 Å². The number of nitrogens with zero attached hydrogens (tertiary/aromatic N) is 4. The summed E-state index contributed by atoms with van der Waals surface area (Å²) in [6.45, 7) is 3.95. The fourth-order valence-electron chi connectivity index (χ4n) is 3.29. The van der Waals surface area contributed by atoms with Crippen molar-refractivity contribution in [2.75, 3.05) is 48.8 Å². The van der Waals surface area contributed by atoms with Crippen LogP contribution in [-0.4, -0.2) is 54.4 Å². The van der Waals surface area contributed by atoms with Crippen molar-refractivity contribution in [1.82, 2.24) is 15.1 Å². The number of hydrogen-bond acceptors (Lipinski definition) is 5. The summed E-state index contributed by atoms with van der Waals surface area (Å²) in [5, 5.41) is 15.1. The molecule has 2 N–H and O–H groups in total. The molecule has 9 heteroatoms. The number of aromatic nitrogens is 2. The first-order chi connectivity index (χ1) is 15.0. The predicted molar refractivity (Wildman–Crippen MR) is 126 cm³/mol. The molecule has 0 saturated carbocycles. The van der Waals surface area contributed by atoms with Crippen molar-refractivity contribution in [3.63, 3.8) is 0 Å². The van der Waals surface area contributed by atoms with Gasteiger partial charge in [0.25, 0.3) is 0 Å². The summed E-state index contributed by atoms with van der Waals surface area (Å²) in [5.41, 5.74) is 2.78. The second-order valence-corrected chi connectivity index (χ2v) is 8.19. The van der Waals surface area contributed by atoms with E-state index in [1.54, 1.807) is 18.2 Å². The van der Waals surface area contributed by atoms with Crippen molar-refractivity contribution < 1.29 is 4.79 Å². The lowest BCUT2D eigenvalue weighted by Gasteiger charge is -2.32. The fraction of sp³-hybridized carbons (Fsp3) is 0.227. The highest BCUT2D eigenvalue weighted by Gasteiger charge is 2.15. The molecule has 2 amide bonds. The number of anilines is 3. The van der Waals surface area contributed by atoms with E-state index in [9.17, 15) is 4.79 Å². The molecular formula is C22H22Cl2N6O. The van der Waals surface area contributed by atoms with E-state index in [0.717, 1.165) is 43.3 Å². The molecule has 3 aromatic rings. The molecule has 0 radical (unpaired) electrons. The maximum atomic E-state index is 12.3. The van der Waals surface area contributed by atoms with Gasteiger partial charge in [-0.3, -0.25) is 0 Å². The van der Waals surface area contributed by atoms with E-state index in [1.165, 1.54) is 0 Å². The molecule has 1 aliphatic heterocycles. The van der Waals surface area contributed by atoms with Gasteiger partial charge >= 0.3 is 6.03 Å². The molecule has 0 atom stereocenters. The van der Waals surface area contributed by atoms with Crippen LogP contribution < -0.4 is 15.5 Å². The summed E-state index contributed by atoms with van der Waals surface area (Å²) >= 11 is 12.0. The number of nitrogens with one attached hydrogen (secondary N) is 2. The molecule has 7 nitrogen and oxygen atoms in total. The Morgan fingerprint density at radius 2 is 1.65 bits per heavy atom. The maximum absolute atomic E-state index is 12.3. The van der Waals surface area contributed by atoms with Gasteiger partial charge in [-0.25, -0.2) is 4.79 Å². The Bertz CT molecular complexity index is 1050. The predicted octanol–water partition coefficient (Wildman–Crippen LogP) is 4.85. The molecule has 4 rings (SSSR count). The van der Waals surface area contributed by atoms with Crippen molar-refractivity contribution >= 4 is 46.4 Å². The Balaban J connectivity index is 1.37. The summed E-state index contributed by atoms with van der Waals surface area (Å²) < 4.78 is 0. The molecule has 0 spiro atoms. The van der Waals surface area contributed by atoms with E-state index >= 15 is 0 Å². The van der Waals surface area contributed by atoms with E-state index in [0.29, 0.717) is 21.4 Å². The van der Waals surface area contributed by atoms with Gasteiger partial charge in [-0.15, -0.1) is 10.2 Å². The number of urea groups is 1. The van der Waals surface area contributed by atoms with Crippen LogP contribution in [0.2, 0.25) is 10.0 Å². The first kappa shape index (κ1) is 21.4. The van der Waals surface area contributed by atoms with E-state index in [-0.39, 0.29) is 0 Å². The molecule has 0 unspecified atom stereocenters. The number of piperazine rings is 1. The summed E-state index contributed by atoms with van der Waals surface area (Å²) in [5.74, 6) is 0.895. The zero-order valence-corrected chi connectivity index (χ0v) is 18.5. The number of carbonyl (C=O) groups excluding carboxylic acids is 1. The number of likely N-dealkylation sites (N-methyl/N-ethyl adjacent to an activating group) is 1. The number of hydrogen-bond donors (Lipinski definition) is 2. The van der Waals surface area contributed by atoms with Crippen LogP contribution in [0.4, 0.5) is 22.0 Å². The van der Waals surface area contributed by atoms with Crippen LogP contribution in [0.5, 0.6) is 0 Å². The van der Waals surface area contributed by atoms with Gasteiger partial charge in [0.1, 0.15) is 0 Å². The first-order valence-electron chi connectivity index (χ1n) is 9.89. The molecular weight excluding hydrogens is 435 g/mol. The van der Waals surface area contributed by atoms with Gasteiger partial charge in [0.05, 0.1) is 16.4 Å². The van der Waals surface area contributed by atoms with Gasteiger partial charge in [0.2, 0.25) is 0 Å². The second-order valence-electron chi connectivity index (χ2n) is 7.35. The first-order valence-corrected chi connectivity index (χ1v) is 10.6. The average Bonchev–Trinajstić information content (AvgIpc) is 2.77. The van der Waals surface area contributed by atoms with Crippen LogP contribution in [0, 0.1) is 0 Å². The third-order valence-corrected chi connectivity index (χ3v) is 5.66. The monoisotopic (exact) mass is 456 g/mol. The lowest BCUT2D eigenvalue weighted by molar-refractivity contribution is 0.262. The molecule has 0 bridgehead atoms. The van der Waals surface area contributed by atoms with Crippen LogP contribution in [0.3, 0.4) is 0 Å². The number of rotatable bonds is 4. The van der Waals surface area contributed by atoms with Crippen molar-refractivity contribution in [2.45, 2.75) is 0 Å². The van der Waals surface area contributed by atoms with E-state index in [2.05, 4.69) is 37.7 Å². The SMILES string of the molecule is CN1CCN(c2ccc(-c3ccc(NC(=O)Nc4cc(Cl)ccc4Cl)cc3)nn2)CC1. The lowest BCUT2D eigenvalue weighted by Crippen LogP contribution is -2.44. The molecule has 1 aliphatic rings. The number of carbonyl (C=O) groups is 1. The highest BCUT2D eigenvalue weighted by atomic mass is 35.5. The maximum Gasteiger partial charge on any atom is 0.323 e. The molecule has 2 heterocycles. The summed E-state index contributed by atoms with van der Waals surface area (Å²) in [7, 11) is 2.13. The zero-order valence-electron chi connectivity index (χ0n) is 17.0. The van der Waals surface area contributed by atoms with Crippen molar-refractivity contribution in [2.24, 2.45) is 0 Å². The molecule has 1 saturated heterocycles. The van der Waals surface area contributed by atoms with E-state index in [1.807, 2.05) is 36.4 Å². The Hall–Kier alpha value is -2.87. The Morgan fingerprint density at radius 1 is 0.903 bits per heavy atom. The largest absolute Gasteiger partial charge is 0.353 e. The molecule has 160 valence electrons. The lowest BCUT2D eigenvalue weighted by atomic mass is 10.1. The second kappa shape index (κ2) is 9.51. The molecule has 1 aromatic heterocycles. The van der Waals surface area contributed by atoms with Crippen LogP contribution in [0.15, 0.2) is 54.6 Å². The van der Waals surface area contributed by atoms with Gasteiger partial charge in [-0.2, -0.15) is 0 Å². The van der Waals surface area contributed by atoms with Gasteiger partial charge in [-0.1, -0.05) is 35.3 Å². The third-order valence-electron chi connectivity index (χ3n) is 5.09. The van der Waals surface area contributed by atoms with Crippen LogP contribution >= 0.6 is 23.2 Å². The molecule has 2 aromatic carbocycles. The highest BCUT2D eigenvalue weighted by Crippen LogP contribution is 2.26. The van der Waals surface area contributed by atoms with E-state index in [4.69, 9.17) is 23.2 Å². The summed E-state index contributed by atoms with van der Waals surface area (Å²) in [6.07, 6.45) is 0. The highest BCUT2D eigenvalue weighted by molar-refractivity contribution is 6.35. The van der Waals surface area contributed by atoms with Gasteiger partial charge in [0.15, 0.2) is 5.82 Å². The number of benzene rings is 2. The van der Waals surface area contributed by atoms with Crippen molar-refractivity contribution in [1.29, 1.82) is 0 Å². The van der Waals surface area contributed by atoms with E-state index < -0.39 is 6.03 Å². The Labute approximate surface area is 191 Å². The van der Waals surface area contributed by atoms with Gasteiger partial charge in [0, 0.05) is 42.5 Å². The smallest absolute Gasteiger partial charge is 0.323 e. The third kappa shape index (κ3) is 5.44. The standard InChI is InChI=1S/C22H22Cl2N6O/c1-29-10-12-30(13-11-29)21-9-8-19(27-28-21)15-2-5-17(6-3-15)25-22(31)26-20-14-16(23)4-7-18(20)24/h2-9,14H,10-13H2,1H3,(H2,25,26,31). The topological polar surface area (TPSA) is 73.4 Å². The van der Waals surface area contributed by atoms with Crippen LogP contribution in [0.1, 0.15) is 0 Å². The summed E-state index contributed by atoms with van der Waals surface area (Å²) in [4.78, 5) is 16.8. The van der Waals surface area contributed by atoms with Crippen molar-refractivity contribution in [3.05, 3.63) is 64.6 Å². The normalized spacial score (nSPS) is 14.4. The minimum absolute atomic E-state index is 0.409. The van der Waals surface area contributed by atoms with Gasteiger partial charge < -0.3 is 20.4 Å². The molecule has 0 aliphatic carbocycles. The van der Waals surface area contributed by atoms with Crippen LogP contribution in [-0.2, 0) is 0 Å². The molecule has 31 heavy (non-hydrogen) atoms. The Morgan fingerprint density at radius 3 is 2.32 bits per heavy atom. The van der Waals surface area contributed by atoms with Gasteiger partial charge in [-0.05, 0) is 49.5 Å². The number of halogens is 2. The molecule has 1 fully saturated rings.